The van der Waals surface area contributed by atoms with E-state index < -0.39 is 5.41 Å². The van der Waals surface area contributed by atoms with Crippen molar-refractivity contribution < 1.29 is 4.79 Å². The molecule has 5 heteroatoms. The molecule has 0 saturated heterocycles. The van der Waals surface area contributed by atoms with E-state index in [1.807, 2.05) is 13.0 Å². The largest absolute Gasteiger partial charge is 0.339 e. The number of aromatic nitrogens is 1. The van der Waals surface area contributed by atoms with Crippen molar-refractivity contribution >= 4 is 17.2 Å². The molecule has 1 amide bonds. The minimum atomic E-state index is -0.965. The van der Waals surface area contributed by atoms with Gasteiger partial charge in [0, 0.05) is 11.9 Å². The Morgan fingerprint density at radius 1 is 1.69 bits per heavy atom. The molecule has 0 unspecified atom stereocenters. The van der Waals surface area contributed by atoms with Gasteiger partial charge in [-0.15, -0.1) is 11.3 Å². The highest BCUT2D eigenvalue weighted by molar-refractivity contribution is 7.09. The Morgan fingerprint density at radius 3 is 2.75 bits per heavy atom. The van der Waals surface area contributed by atoms with Gasteiger partial charge in [-0.05, 0) is 20.8 Å². The molecular formula is C11H15N3OS. The summed E-state index contributed by atoms with van der Waals surface area (Å²) in [6.45, 7) is 5.69. The van der Waals surface area contributed by atoms with E-state index in [2.05, 4.69) is 4.98 Å². The molecule has 0 bridgehead atoms. The van der Waals surface area contributed by atoms with Crippen LogP contribution in [-0.4, -0.2) is 22.8 Å². The quantitative estimate of drug-likeness (QED) is 0.807. The van der Waals surface area contributed by atoms with Crippen LogP contribution in [0.15, 0.2) is 5.51 Å². The zero-order chi connectivity index (χ0) is 12.3. The van der Waals surface area contributed by atoms with Crippen LogP contribution in [0.25, 0.3) is 0 Å². The van der Waals surface area contributed by atoms with Crippen molar-refractivity contribution in [2.45, 2.75) is 27.3 Å². The molecule has 0 radical (unpaired) electrons. The molecule has 0 aliphatic heterocycles. The molecule has 1 rings (SSSR count). The molecule has 0 saturated carbocycles. The van der Waals surface area contributed by atoms with Gasteiger partial charge in [-0.3, -0.25) is 4.79 Å². The van der Waals surface area contributed by atoms with Gasteiger partial charge < -0.3 is 4.90 Å². The number of amides is 1. The predicted octanol–water partition coefficient (Wildman–Crippen LogP) is 1.96. The Kier molecular flexibility index (Phi) is 3.66. The van der Waals surface area contributed by atoms with E-state index in [4.69, 9.17) is 5.26 Å². The van der Waals surface area contributed by atoms with Crippen LogP contribution in [0.3, 0.4) is 0 Å². The maximum atomic E-state index is 11.9. The molecule has 0 aliphatic carbocycles. The van der Waals surface area contributed by atoms with Gasteiger partial charge in [0.05, 0.1) is 23.8 Å². The van der Waals surface area contributed by atoms with Crippen molar-refractivity contribution in [2.24, 2.45) is 5.41 Å². The number of nitriles is 1. The fraction of sp³-hybridized carbons (Fsp3) is 0.545. The lowest BCUT2D eigenvalue weighted by molar-refractivity contribution is -0.136. The van der Waals surface area contributed by atoms with Crippen molar-refractivity contribution in [3.05, 3.63) is 16.1 Å². The molecule has 0 spiro atoms. The second-order valence-corrected chi connectivity index (χ2v) is 5.20. The van der Waals surface area contributed by atoms with E-state index in [1.54, 1.807) is 31.3 Å². The summed E-state index contributed by atoms with van der Waals surface area (Å²) in [7, 11) is 1.71. The van der Waals surface area contributed by atoms with Crippen LogP contribution in [0.4, 0.5) is 0 Å². The number of carbonyl (C=O) groups is 1. The highest BCUT2D eigenvalue weighted by Gasteiger charge is 2.30. The fourth-order valence-corrected chi connectivity index (χ4v) is 2.12. The zero-order valence-electron chi connectivity index (χ0n) is 9.94. The Morgan fingerprint density at radius 2 is 2.31 bits per heavy atom. The van der Waals surface area contributed by atoms with Gasteiger partial charge in [0.25, 0.3) is 0 Å². The molecule has 0 N–H and O–H groups in total. The van der Waals surface area contributed by atoms with Gasteiger partial charge in [-0.2, -0.15) is 5.26 Å². The van der Waals surface area contributed by atoms with E-state index in [1.165, 1.54) is 11.3 Å². The third-order valence-corrected chi connectivity index (χ3v) is 3.31. The van der Waals surface area contributed by atoms with Crippen LogP contribution >= 0.6 is 11.3 Å². The number of hydrogen-bond donors (Lipinski definition) is 0. The molecule has 16 heavy (non-hydrogen) atoms. The third-order valence-electron chi connectivity index (χ3n) is 2.39. The molecule has 0 aromatic carbocycles. The van der Waals surface area contributed by atoms with Crippen LogP contribution in [0.5, 0.6) is 0 Å². The van der Waals surface area contributed by atoms with Crippen LogP contribution in [0.1, 0.15) is 24.4 Å². The van der Waals surface area contributed by atoms with Gasteiger partial charge in [0.15, 0.2) is 0 Å². The predicted molar refractivity (Wildman–Crippen MR) is 62.7 cm³/mol. The number of carbonyl (C=O) groups excluding carboxylic acids is 1. The summed E-state index contributed by atoms with van der Waals surface area (Å²) in [6, 6.07) is 2.01. The van der Waals surface area contributed by atoms with E-state index in [0.29, 0.717) is 6.54 Å². The van der Waals surface area contributed by atoms with Crippen molar-refractivity contribution in [2.75, 3.05) is 7.05 Å². The smallest absolute Gasteiger partial charge is 0.242 e. The van der Waals surface area contributed by atoms with E-state index in [9.17, 15) is 4.79 Å². The van der Waals surface area contributed by atoms with E-state index >= 15 is 0 Å². The Hall–Kier alpha value is -1.41. The van der Waals surface area contributed by atoms with Crippen molar-refractivity contribution in [1.82, 2.24) is 9.88 Å². The Labute approximate surface area is 99.5 Å². The maximum absolute atomic E-state index is 11.9. The third kappa shape index (κ3) is 2.58. The van der Waals surface area contributed by atoms with E-state index in [-0.39, 0.29) is 5.91 Å². The topological polar surface area (TPSA) is 57.0 Å². The first kappa shape index (κ1) is 12.7. The van der Waals surface area contributed by atoms with Crippen molar-refractivity contribution in [1.29, 1.82) is 5.26 Å². The lowest BCUT2D eigenvalue weighted by Gasteiger charge is -2.23. The summed E-state index contributed by atoms with van der Waals surface area (Å²) in [5, 5.41) is 8.89. The van der Waals surface area contributed by atoms with Crippen LogP contribution < -0.4 is 0 Å². The van der Waals surface area contributed by atoms with Gasteiger partial charge in [-0.25, -0.2) is 4.98 Å². The lowest BCUT2D eigenvalue weighted by atomic mass is 9.94. The SMILES string of the molecule is Cc1ncsc1CN(C)C(=O)C(C)(C)C#N. The fourth-order valence-electron chi connectivity index (χ4n) is 1.29. The average molecular weight is 237 g/mol. The molecule has 0 aliphatic rings. The monoisotopic (exact) mass is 237 g/mol. The number of hydrogen-bond acceptors (Lipinski definition) is 4. The second kappa shape index (κ2) is 4.62. The van der Waals surface area contributed by atoms with Gasteiger partial charge in [0.2, 0.25) is 5.91 Å². The van der Waals surface area contributed by atoms with Gasteiger partial charge in [0.1, 0.15) is 5.41 Å². The van der Waals surface area contributed by atoms with Crippen LogP contribution in [-0.2, 0) is 11.3 Å². The number of aryl methyl sites for hydroxylation is 1. The lowest BCUT2D eigenvalue weighted by Crippen LogP contribution is -2.37. The number of rotatable bonds is 3. The second-order valence-electron chi connectivity index (χ2n) is 4.26. The maximum Gasteiger partial charge on any atom is 0.242 e. The molecule has 86 valence electrons. The minimum Gasteiger partial charge on any atom is -0.339 e. The summed E-state index contributed by atoms with van der Waals surface area (Å²) in [5.41, 5.74) is 1.74. The van der Waals surface area contributed by atoms with E-state index in [0.717, 1.165) is 10.6 Å². The Bertz CT molecular complexity index is 431. The van der Waals surface area contributed by atoms with Crippen molar-refractivity contribution in [3.63, 3.8) is 0 Å². The molecule has 0 atom stereocenters. The van der Waals surface area contributed by atoms with Crippen molar-refractivity contribution in [3.8, 4) is 6.07 Å². The molecule has 4 nitrogen and oxygen atoms in total. The first-order chi connectivity index (χ1) is 7.38. The number of nitrogens with zero attached hydrogens (tertiary/aromatic N) is 3. The average Bonchev–Trinajstić information content (AvgIpc) is 2.63. The molecule has 0 fully saturated rings. The Balaban J connectivity index is 2.75. The summed E-state index contributed by atoms with van der Waals surface area (Å²) in [4.78, 5) is 18.7. The summed E-state index contributed by atoms with van der Waals surface area (Å²) < 4.78 is 0. The first-order valence-electron chi connectivity index (χ1n) is 4.94. The van der Waals surface area contributed by atoms with Crippen LogP contribution in [0.2, 0.25) is 0 Å². The summed E-state index contributed by atoms with van der Waals surface area (Å²) in [5.74, 6) is -0.164. The molecule has 1 aromatic rings. The first-order valence-corrected chi connectivity index (χ1v) is 5.82. The van der Waals surface area contributed by atoms with Gasteiger partial charge in [-0.1, -0.05) is 0 Å². The molecule has 1 heterocycles. The number of thiazole rings is 1. The highest BCUT2D eigenvalue weighted by Crippen LogP contribution is 2.20. The molecule has 1 aromatic heterocycles. The normalized spacial score (nSPS) is 10.9. The summed E-state index contributed by atoms with van der Waals surface area (Å²) >= 11 is 1.53. The summed E-state index contributed by atoms with van der Waals surface area (Å²) in [6.07, 6.45) is 0. The van der Waals surface area contributed by atoms with Crippen LogP contribution in [0, 0.1) is 23.7 Å². The molecular weight excluding hydrogens is 222 g/mol. The minimum absolute atomic E-state index is 0.164. The zero-order valence-corrected chi connectivity index (χ0v) is 10.8. The van der Waals surface area contributed by atoms with Gasteiger partial charge >= 0.3 is 0 Å². The standard InChI is InChI=1S/C11H15N3OS/c1-8-9(16-7-13-8)5-14(4)10(15)11(2,3)6-12/h7H,5H2,1-4H3. The highest BCUT2D eigenvalue weighted by atomic mass is 32.1.